The van der Waals surface area contributed by atoms with Gasteiger partial charge in [-0.25, -0.2) is 4.98 Å². The number of likely N-dealkylation sites (N-methyl/N-ethyl adjacent to an activating group) is 1. The number of aryl methyl sites for hydroxylation is 1. The number of aromatic nitrogens is 4. The molecule has 4 rings (SSSR count). The predicted octanol–water partition coefficient (Wildman–Crippen LogP) is 0.645. The van der Waals surface area contributed by atoms with Crippen LogP contribution in [-0.4, -0.2) is 61.7 Å². The molecule has 0 N–H and O–H groups in total. The zero-order valence-electron chi connectivity index (χ0n) is 15.4. The summed E-state index contributed by atoms with van der Waals surface area (Å²) in [5, 5.41) is 4.49. The largest absolute Gasteiger partial charge is 0.332 e. The molecular weight excluding hydrogens is 344 g/mol. The van der Waals surface area contributed by atoms with Crippen molar-refractivity contribution in [3.8, 4) is 0 Å². The average Bonchev–Trinajstić information content (AvgIpc) is 3.06. The van der Waals surface area contributed by atoms with E-state index < -0.39 is 0 Å². The third kappa shape index (κ3) is 3.23. The molecule has 1 aromatic carbocycles. The van der Waals surface area contributed by atoms with Crippen molar-refractivity contribution in [2.24, 2.45) is 7.05 Å². The zero-order chi connectivity index (χ0) is 19.0. The third-order valence-electron chi connectivity index (χ3n) is 5.11. The van der Waals surface area contributed by atoms with Crippen LogP contribution in [0.3, 0.4) is 0 Å². The highest BCUT2D eigenvalue weighted by molar-refractivity contribution is 5.78. The summed E-state index contributed by atoms with van der Waals surface area (Å²) < 4.78 is 2.92. The summed E-state index contributed by atoms with van der Waals surface area (Å²) in [5.74, 6) is -0.0795. The number of hydrogen-bond donors (Lipinski definition) is 0. The van der Waals surface area contributed by atoms with Crippen LogP contribution in [0.25, 0.3) is 11.0 Å². The molecule has 1 fully saturated rings. The van der Waals surface area contributed by atoms with Gasteiger partial charge in [0.25, 0.3) is 5.56 Å². The molecule has 8 heteroatoms. The smallest absolute Gasteiger partial charge is 0.264 e. The first-order chi connectivity index (χ1) is 13.0. The zero-order valence-corrected chi connectivity index (χ0v) is 15.4. The predicted molar refractivity (Wildman–Crippen MR) is 101 cm³/mol. The van der Waals surface area contributed by atoms with Gasteiger partial charge >= 0.3 is 0 Å². The van der Waals surface area contributed by atoms with Gasteiger partial charge in [-0.2, -0.15) is 5.10 Å². The Kier molecular flexibility index (Phi) is 4.49. The van der Waals surface area contributed by atoms with Crippen LogP contribution in [0.1, 0.15) is 11.6 Å². The summed E-state index contributed by atoms with van der Waals surface area (Å²) >= 11 is 0. The summed E-state index contributed by atoms with van der Waals surface area (Å²) in [7, 11) is 3.79. The van der Waals surface area contributed by atoms with E-state index in [1.54, 1.807) is 11.7 Å². The summed E-state index contributed by atoms with van der Waals surface area (Å²) in [6.45, 7) is 2.18. The van der Waals surface area contributed by atoms with E-state index >= 15 is 0 Å². The van der Waals surface area contributed by atoms with Crippen LogP contribution in [0.5, 0.6) is 0 Å². The van der Waals surface area contributed by atoms with Gasteiger partial charge in [-0.15, -0.1) is 0 Å². The first-order valence-corrected chi connectivity index (χ1v) is 8.94. The quantitative estimate of drug-likeness (QED) is 0.680. The highest BCUT2D eigenvalue weighted by atomic mass is 16.2. The minimum absolute atomic E-state index is 0.0241. The van der Waals surface area contributed by atoms with Gasteiger partial charge in [0.15, 0.2) is 5.65 Å². The Morgan fingerprint density at radius 2 is 1.96 bits per heavy atom. The van der Waals surface area contributed by atoms with E-state index in [4.69, 9.17) is 0 Å². The molecule has 2 aromatic heterocycles. The maximum atomic E-state index is 13.1. The molecule has 27 heavy (non-hydrogen) atoms. The number of hydrogen-bond acceptors (Lipinski definition) is 5. The molecule has 1 amide bonds. The molecule has 0 bridgehead atoms. The molecule has 1 atom stereocenters. The van der Waals surface area contributed by atoms with E-state index in [1.165, 1.54) is 17.1 Å². The molecule has 8 nitrogen and oxygen atoms in total. The van der Waals surface area contributed by atoms with Gasteiger partial charge in [0, 0.05) is 26.7 Å². The Balaban J connectivity index is 1.61. The van der Waals surface area contributed by atoms with Crippen molar-refractivity contribution in [1.82, 2.24) is 29.1 Å². The lowest BCUT2D eigenvalue weighted by molar-refractivity contribution is -0.136. The molecule has 1 aliphatic rings. The molecular formula is C19H22N6O2. The van der Waals surface area contributed by atoms with Crippen LogP contribution in [0.2, 0.25) is 0 Å². The van der Waals surface area contributed by atoms with Gasteiger partial charge < -0.3 is 9.80 Å². The number of amides is 1. The Morgan fingerprint density at radius 3 is 2.74 bits per heavy atom. The molecule has 140 valence electrons. The summed E-state index contributed by atoms with van der Waals surface area (Å²) in [6.07, 6.45) is 2.92. The van der Waals surface area contributed by atoms with Crippen LogP contribution < -0.4 is 5.56 Å². The van der Waals surface area contributed by atoms with Crippen LogP contribution in [0.15, 0.2) is 47.7 Å². The summed E-state index contributed by atoms with van der Waals surface area (Å²) in [5.41, 5.74) is 1.38. The number of piperazine rings is 1. The van der Waals surface area contributed by atoms with Crippen molar-refractivity contribution in [3.05, 3.63) is 58.8 Å². The summed E-state index contributed by atoms with van der Waals surface area (Å²) in [4.78, 5) is 34.1. The Labute approximate surface area is 156 Å². The van der Waals surface area contributed by atoms with E-state index in [0.717, 1.165) is 18.7 Å². The first-order valence-electron chi connectivity index (χ1n) is 8.94. The first kappa shape index (κ1) is 17.4. The van der Waals surface area contributed by atoms with Crippen molar-refractivity contribution in [2.75, 3.05) is 26.7 Å². The monoisotopic (exact) mass is 366 g/mol. The van der Waals surface area contributed by atoms with Gasteiger partial charge in [-0.3, -0.25) is 18.8 Å². The third-order valence-corrected chi connectivity index (χ3v) is 5.11. The van der Waals surface area contributed by atoms with Crippen molar-refractivity contribution in [1.29, 1.82) is 0 Å². The lowest BCUT2D eigenvalue weighted by atomic mass is 10.0. The van der Waals surface area contributed by atoms with E-state index in [2.05, 4.69) is 22.0 Å². The van der Waals surface area contributed by atoms with Crippen molar-refractivity contribution in [3.63, 3.8) is 0 Å². The number of fused-ring (bicyclic) bond motifs is 1. The number of nitrogens with zero attached hydrogens (tertiary/aromatic N) is 6. The van der Waals surface area contributed by atoms with E-state index in [0.29, 0.717) is 17.6 Å². The lowest BCUT2D eigenvalue weighted by Crippen LogP contribution is -2.50. The van der Waals surface area contributed by atoms with E-state index in [9.17, 15) is 9.59 Å². The highest BCUT2D eigenvalue weighted by Crippen LogP contribution is 2.25. The molecule has 1 aliphatic heterocycles. The second-order valence-electron chi connectivity index (χ2n) is 6.96. The van der Waals surface area contributed by atoms with Crippen LogP contribution in [0.4, 0.5) is 0 Å². The minimum Gasteiger partial charge on any atom is -0.332 e. The number of rotatable bonds is 3. The van der Waals surface area contributed by atoms with Crippen LogP contribution in [0, 0.1) is 0 Å². The lowest BCUT2D eigenvalue weighted by Gasteiger charge is -2.40. The van der Waals surface area contributed by atoms with Gasteiger partial charge in [-0.05, 0) is 12.6 Å². The molecule has 3 heterocycles. The maximum absolute atomic E-state index is 13.1. The number of carbonyl (C=O) groups excluding carboxylic acids is 1. The second-order valence-corrected chi connectivity index (χ2v) is 6.96. The molecule has 1 saturated heterocycles. The molecule has 0 aliphatic carbocycles. The van der Waals surface area contributed by atoms with Gasteiger partial charge in [-0.1, -0.05) is 30.3 Å². The second kappa shape index (κ2) is 6.96. The number of carbonyl (C=O) groups is 1. The van der Waals surface area contributed by atoms with Crippen LogP contribution >= 0.6 is 0 Å². The fourth-order valence-corrected chi connectivity index (χ4v) is 3.59. The van der Waals surface area contributed by atoms with Gasteiger partial charge in [0.2, 0.25) is 5.91 Å². The normalized spacial score (nSPS) is 18.1. The molecule has 0 spiro atoms. The highest BCUT2D eigenvalue weighted by Gasteiger charge is 2.30. The standard InChI is InChI=1S/C19H22N6O2/c1-22-8-9-25(16(11-22)14-6-4-3-5-7-14)17(26)12-24-13-20-18-15(19(24)27)10-21-23(18)2/h3-7,10,13,16H,8-9,11-12H2,1-2H3/t16-/m0/s1. The molecule has 0 radical (unpaired) electrons. The van der Waals surface area contributed by atoms with E-state index in [1.807, 2.05) is 35.2 Å². The summed E-state index contributed by atoms with van der Waals surface area (Å²) in [6, 6.07) is 9.99. The molecule has 0 unspecified atom stereocenters. The Morgan fingerprint density at radius 1 is 1.19 bits per heavy atom. The number of benzene rings is 1. The fraction of sp³-hybridized carbons (Fsp3) is 0.368. The minimum atomic E-state index is -0.244. The van der Waals surface area contributed by atoms with Crippen molar-refractivity contribution >= 4 is 16.9 Å². The van der Waals surface area contributed by atoms with Gasteiger partial charge in [0.05, 0.1) is 12.2 Å². The Hall–Kier alpha value is -3.00. The molecule has 3 aromatic rings. The van der Waals surface area contributed by atoms with Crippen LogP contribution in [-0.2, 0) is 18.4 Å². The SMILES string of the molecule is CN1CCN(C(=O)Cn2cnc3c(cnn3C)c2=O)[C@H](c2ccccc2)C1. The maximum Gasteiger partial charge on any atom is 0.264 e. The topological polar surface area (TPSA) is 76.3 Å². The fourth-order valence-electron chi connectivity index (χ4n) is 3.59. The van der Waals surface area contributed by atoms with Crippen molar-refractivity contribution in [2.45, 2.75) is 12.6 Å². The van der Waals surface area contributed by atoms with Gasteiger partial charge in [0.1, 0.15) is 18.3 Å². The average molecular weight is 366 g/mol. The Bertz CT molecular complexity index is 1030. The van der Waals surface area contributed by atoms with Crippen molar-refractivity contribution < 1.29 is 4.79 Å². The molecule has 0 saturated carbocycles. The van der Waals surface area contributed by atoms with E-state index in [-0.39, 0.29) is 24.1 Å².